The predicted octanol–water partition coefficient (Wildman–Crippen LogP) is 0.387. The van der Waals surface area contributed by atoms with Crippen LogP contribution in [0.2, 0.25) is 0 Å². The number of hydrogen-bond donors (Lipinski definition) is 1. The van der Waals surface area contributed by atoms with Crippen LogP contribution in [0.5, 0.6) is 0 Å². The van der Waals surface area contributed by atoms with Gasteiger partial charge in [-0.25, -0.2) is 0 Å². The lowest BCUT2D eigenvalue weighted by molar-refractivity contribution is 0.0748. The van der Waals surface area contributed by atoms with E-state index in [1.165, 1.54) is 12.8 Å². The van der Waals surface area contributed by atoms with E-state index >= 15 is 0 Å². The van der Waals surface area contributed by atoms with E-state index in [4.69, 9.17) is 0 Å². The fraction of sp³-hybridized carbons (Fsp3) is 0.667. The average Bonchev–Trinajstić information content (AvgIpc) is 2.84. The second-order valence-electron chi connectivity index (χ2n) is 5.08. The van der Waals surface area contributed by atoms with Gasteiger partial charge in [-0.2, -0.15) is 5.10 Å². The summed E-state index contributed by atoms with van der Waals surface area (Å²) in [7, 11) is 1.84. The number of nitrogens with one attached hydrogen (secondary N) is 1. The van der Waals surface area contributed by atoms with Crippen molar-refractivity contribution in [2.75, 3.05) is 13.1 Å². The zero-order valence-electron chi connectivity index (χ0n) is 10.1. The summed E-state index contributed by atoms with van der Waals surface area (Å²) in [5, 5.41) is 7.64. The van der Waals surface area contributed by atoms with Gasteiger partial charge >= 0.3 is 0 Å². The molecule has 1 amide bonds. The van der Waals surface area contributed by atoms with Gasteiger partial charge in [-0.1, -0.05) is 0 Å². The van der Waals surface area contributed by atoms with Crippen molar-refractivity contribution in [2.24, 2.45) is 7.05 Å². The summed E-state index contributed by atoms with van der Waals surface area (Å²) in [5.41, 5.74) is 0.699. The molecule has 0 aliphatic carbocycles. The molecular formula is C12H18N4O. The van der Waals surface area contributed by atoms with Gasteiger partial charge in [-0.05, 0) is 19.3 Å². The second-order valence-corrected chi connectivity index (χ2v) is 5.08. The lowest BCUT2D eigenvalue weighted by atomic mass is 10.1. The summed E-state index contributed by atoms with van der Waals surface area (Å²) < 4.78 is 1.68. The first-order valence-electron chi connectivity index (χ1n) is 6.26. The Morgan fingerprint density at radius 1 is 1.41 bits per heavy atom. The number of carbonyl (C=O) groups excluding carboxylic acids is 1. The van der Waals surface area contributed by atoms with Crippen LogP contribution < -0.4 is 5.32 Å². The van der Waals surface area contributed by atoms with Crippen molar-refractivity contribution in [3.05, 3.63) is 18.0 Å². The van der Waals surface area contributed by atoms with Gasteiger partial charge in [-0.15, -0.1) is 0 Å². The van der Waals surface area contributed by atoms with Crippen molar-refractivity contribution >= 4 is 5.91 Å². The van der Waals surface area contributed by atoms with Gasteiger partial charge in [0.2, 0.25) is 0 Å². The van der Waals surface area contributed by atoms with E-state index < -0.39 is 0 Å². The molecule has 1 N–H and O–H groups in total. The number of aromatic nitrogens is 2. The van der Waals surface area contributed by atoms with Crippen LogP contribution in [-0.2, 0) is 7.05 Å². The van der Waals surface area contributed by atoms with Crippen LogP contribution in [0.15, 0.2) is 12.4 Å². The first kappa shape index (κ1) is 10.8. The molecule has 3 heterocycles. The van der Waals surface area contributed by atoms with Gasteiger partial charge < -0.3 is 10.2 Å². The molecule has 92 valence electrons. The maximum absolute atomic E-state index is 12.3. The summed E-state index contributed by atoms with van der Waals surface area (Å²) in [6.07, 6.45) is 6.97. The Morgan fingerprint density at radius 3 is 3.00 bits per heavy atom. The third kappa shape index (κ3) is 2.07. The Kier molecular flexibility index (Phi) is 2.63. The highest BCUT2D eigenvalue weighted by molar-refractivity contribution is 5.93. The van der Waals surface area contributed by atoms with Crippen LogP contribution in [0.4, 0.5) is 0 Å². The average molecular weight is 234 g/mol. The smallest absolute Gasteiger partial charge is 0.257 e. The Labute approximate surface area is 101 Å². The Bertz CT molecular complexity index is 428. The minimum Gasteiger partial charge on any atom is -0.337 e. The van der Waals surface area contributed by atoms with Gasteiger partial charge in [0.15, 0.2) is 0 Å². The highest BCUT2D eigenvalue weighted by Crippen LogP contribution is 2.21. The molecule has 5 heteroatoms. The molecule has 0 saturated carbocycles. The van der Waals surface area contributed by atoms with E-state index in [9.17, 15) is 4.79 Å². The minimum absolute atomic E-state index is 0.118. The second kappa shape index (κ2) is 4.14. The molecule has 2 aliphatic rings. The summed E-state index contributed by atoms with van der Waals surface area (Å²) in [6, 6.07) is 1.11. The van der Waals surface area contributed by atoms with Gasteiger partial charge in [-0.3, -0.25) is 9.48 Å². The van der Waals surface area contributed by atoms with Crippen molar-refractivity contribution in [2.45, 2.75) is 31.3 Å². The Hall–Kier alpha value is -1.36. The largest absolute Gasteiger partial charge is 0.337 e. The lowest BCUT2D eigenvalue weighted by Gasteiger charge is -2.23. The first-order chi connectivity index (χ1) is 8.22. The number of aryl methyl sites for hydroxylation is 1. The maximum Gasteiger partial charge on any atom is 0.257 e. The van der Waals surface area contributed by atoms with Crippen LogP contribution >= 0.6 is 0 Å². The van der Waals surface area contributed by atoms with Crippen LogP contribution in [0.1, 0.15) is 29.6 Å². The van der Waals surface area contributed by atoms with Crippen LogP contribution in [-0.4, -0.2) is 45.8 Å². The quantitative estimate of drug-likeness (QED) is 0.764. The fourth-order valence-corrected chi connectivity index (χ4v) is 2.84. The number of fused-ring (bicyclic) bond motifs is 2. The summed E-state index contributed by atoms with van der Waals surface area (Å²) in [5.74, 6) is 0.118. The number of hydrogen-bond acceptors (Lipinski definition) is 3. The third-order valence-corrected chi connectivity index (χ3v) is 3.76. The molecule has 3 rings (SSSR count). The monoisotopic (exact) mass is 234 g/mol. The highest BCUT2D eigenvalue weighted by Gasteiger charge is 2.31. The molecule has 2 bridgehead atoms. The predicted molar refractivity (Wildman–Crippen MR) is 63.7 cm³/mol. The van der Waals surface area contributed by atoms with Crippen molar-refractivity contribution < 1.29 is 4.79 Å². The Morgan fingerprint density at radius 2 is 2.24 bits per heavy atom. The van der Waals surface area contributed by atoms with E-state index in [2.05, 4.69) is 10.4 Å². The van der Waals surface area contributed by atoms with Crippen LogP contribution in [0.25, 0.3) is 0 Å². The molecule has 0 aromatic carbocycles. The molecule has 1 aromatic rings. The number of nitrogens with zero attached hydrogens (tertiary/aromatic N) is 3. The molecule has 0 radical (unpaired) electrons. The molecule has 2 fully saturated rings. The molecule has 5 nitrogen and oxygen atoms in total. The summed E-state index contributed by atoms with van der Waals surface area (Å²) in [6.45, 7) is 1.70. The molecule has 0 spiro atoms. The standard InChI is InChI=1S/C12H18N4O/c1-15-7-9(6-13-15)12(17)16-5-4-10-2-3-11(8-16)14-10/h6-7,10-11,14H,2-5,8H2,1H3. The Balaban J connectivity index is 1.73. The SMILES string of the molecule is Cn1cc(C(=O)N2CCC3CCC(C2)N3)cn1. The fourth-order valence-electron chi connectivity index (χ4n) is 2.84. The van der Waals surface area contributed by atoms with E-state index in [-0.39, 0.29) is 5.91 Å². The molecule has 1 aromatic heterocycles. The molecule has 2 atom stereocenters. The van der Waals surface area contributed by atoms with Gasteiger partial charge in [0.25, 0.3) is 5.91 Å². The van der Waals surface area contributed by atoms with Crippen molar-refractivity contribution in [1.82, 2.24) is 20.0 Å². The third-order valence-electron chi connectivity index (χ3n) is 3.76. The number of rotatable bonds is 1. The van der Waals surface area contributed by atoms with Crippen LogP contribution in [0, 0.1) is 0 Å². The number of amides is 1. The van der Waals surface area contributed by atoms with Crippen molar-refractivity contribution in [1.29, 1.82) is 0 Å². The van der Waals surface area contributed by atoms with E-state index in [1.807, 2.05) is 11.9 Å². The van der Waals surface area contributed by atoms with E-state index in [1.54, 1.807) is 17.1 Å². The molecule has 2 aliphatic heterocycles. The molecule has 2 unspecified atom stereocenters. The molecule has 2 saturated heterocycles. The van der Waals surface area contributed by atoms with Crippen LogP contribution in [0.3, 0.4) is 0 Å². The number of carbonyl (C=O) groups is 1. The topological polar surface area (TPSA) is 50.2 Å². The lowest BCUT2D eigenvalue weighted by Crippen LogP contribution is -2.38. The molecular weight excluding hydrogens is 216 g/mol. The minimum atomic E-state index is 0.118. The van der Waals surface area contributed by atoms with Crippen molar-refractivity contribution in [3.63, 3.8) is 0 Å². The zero-order chi connectivity index (χ0) is 11.8. The van der Waals surface area contributed by atoms with E-state index in [0.717, 1.165) is 19.5 Å². The highest BCUT2D eigenvalue weighted by atomic mass is 16.2. The van der Waals surface area contributed by atoms with Crippen molar-refractivity contribution in [3.8, 4) is 0 Å². The molecule has 17 heavy (non-hydrogen) atoms. The summed E-state index contributed by atoms with van der Waals surface area (Å²) >= 11 is 0. The van der Waals surface area contributed by atoms with E-state index in [0.29, 0.717) is 17.6 Å². The van der Waals surface area contributed by atoms with Gasteiger partial charge in [0, 0.05) is 38.4 Å². The zero-order valence-corrected chi connectivity index (χ0v) is 10.1. The number of likely N-dealkylation sites (tertiary alicyclic amines) is 1. The summed E-state index contributed by atoms with van der Waals surface area (Å²) in [4.78, 5) is 14.3. The first-order valence-corrected chi connectivity index (χ1v) is 6.26. The van der Waals surface area contributed by atoms with Gasteiger partial charge in [0.05, 0.1) is 11.8 Å². The van der Waals surface area contributed by atoms with Gasteiger partial charge in [0.1, 0.15) is 0 Å². The maximum atomic E-state index is 12.3. The normalized spacial score (nSPS) is 28.2.